The van der Waals surface area contributed by atoms with Crippen LogP contribution in [-0.4, -0.2) is 19.1 Å². The molecule has 0 aliphatic carbocycles. The van der Waals surface area contributed by atoms with Crippen molar-refractivity contribution in [2.45, 2.75) is 26.8 Å². The number of amides is 1. The van der Waals surface area contributed by atoms with Gasteiger partial charge in [0.05, 0.1) is 12.7 Å². The zero-order valence-electron chi connectivity index (χ0n) is 9.63. The van der Waals surface area contributed by atoms with Gasteiger partial charge in [-0.25, -0.2) is 0 Å². The molecule has 0 fully saturated rings. The van der Waals surface area contributed by atoms with E-state index < -0.39 is 0 Å². The van der Waals surface area contributed by atoms with E-state index in [4.69, 9.17) is 4.74 Å². The summed E-state index contributed by atoms with van der Waals surface area (Å²) < 4.78 is 5.17. The summed E-state index contributed by atoms with van der Waals surface area (Å²) in [6.45, 7) is 5.82. The average Bonchev–Trinajstić information content (AvgIpc) is 2.16. The van der Waals surface area contributed by atoms with Crippen molar-refractivity contribution in [2.24, 2.45) is 0 Å². The van der Waals surface area contributed by atoms with E-state index in [1.54, 1.807) is 13.2 Å². The molecule has 0 atom stereocenters. The van der Waals surface area contributed by atoms with Gasteiger partial charge in [-0.3, -0.25) is 4.79 Å². The van der Waals surface area contributed by atoms with E-state index >= 15 is 0 Å². The predicted molar refractivity (Wildman–Crippen MR) is 60.3 cm³/mol. The highest BCUT2D eigenvalue weighted by molar-refractivity contribution is 5.97. The fourth-order valence-corrected chi connectivity index (χ4v) is 1.33. The molecule has 0 unspecified atom stereocenters. The third-order valence-electron chi connectivity index (χ3n) is 2.02. The lowest BCUT2D eigenvalue weighted by molar-refractivity contribution is 0.0940. The van der Waals surface area contributed by atoms with Gasteiger partial charge in [0, 0.05) is 6.04 Å². The number of ether oxygens (including phenoxy) is 1. The molecule has 0 aliphatic rings. The second-order valence-electron chi connectivity index (χ2n) is 3.83. The Balaban J connectivity index is 2.97. The lowest BCUT2D eigenvalue weighted by atomic mass is 10.1. The molecule has 1 amide bonds. The Labute approximate surface area is 90.4 Å². The lowest BCUT2D eigenvalue weighted by Gasteiger charge is -2.11. The van der Waals surface area contributed by atoms with Crippen LogP contribution < -0.4 is 10.1 Å². The highest BCUT2D eigenvalue weighted by Crippen LogP contribution is 2.19. The van der Waals surface area contributed by atoms with Crippen LogP contribution in [0.3, 0.4) is 0 Å². The highest BCUT2D eigenvalue weighted by atomic mass is 16.5. The molecule has 1 aromatic carbocycles. The van der Waals surface area contributed by atoms with Crippen molar-refractivity contribution >= 4 is 5.91 Å². The van der Waals surface area contributed by atoms with E-state index in [9.17, 15) is 4.79 Å². The number of hydrogen-bond donors (Lipinski definition) is 1. The minimum atomic E-state index is -0.0955. The Kier molecular flexibility index (Phi) is 3.72. The molecule has 0 saturated heterocycles. The zero-order chi connectivity index (χ0) is 11.4. The Morgan fingerprint density at radius 1 is 1.40 bits per heavy atom. The van der Waals surface area contributed by atoms with Gasteiger partial charge >= 0.3 is 0 Å². The summed E-state index contributed by atoms with van der Waals surface area (Å²) in [4.78, 5) is 11.8. The van der Waals surface area contributed by atoms with Gasteiger partial charge in [-0.1, -0.05) is 6.07 Å². The van der Waals surface area contributed by atoms with Crippen molar-refractivity contribution in [3.05, 3.63) is 29.3 Å². The molecule has 0 spiro atoms. The van der Waals surface area contributed by atoms with E-state index in [0.717, 1.165) is 5.56 Å². The molecule has 0 bridgehead atoms. The van der Waals surface area contributed by atoms with Crippen molar-refractivity contribution in [1.82, 2.24) is 5.32 Å². The van der Waals surface area contributed by atoms with Crippen LogP contribution in [0.25, 0.3) is 0 Å². The van der Waals surface area contributed by atoms with Gasteiger partial charge in [0.2, 0.25) is 0 Å². The van der Waals surface area contributed by atoms with Gasteiger partial charge in [-0.2, -0.15) is 0 Å². The van der Waals surface area contributed by atoms with Crippen molar-refractivity contribution in [2.75, 3.05) is 7.11 Å². The first-order valence-corrected chi connectivity index (χ1v) is 5.00. The van der Waals surface area contributed by atoms with Crippen LogP contribution in [0.2, 0.25) is 0 Å². The number of nitrogens with one attached hydrogen (secondary N) is 1. The van der Waals surface area contributed by atoms with E-state index in [-0.39, 0.29) is 11.9 Å². The van der Waals surface area contributed by atoms with Gasteiger partial charge in [-0.05, 0) is 38.5 Å². The summed E-state index contributed by atoms with van der Waals surface area (Å²) >= 11 is 0. The second-order valence-corrected chi connectivity index (χ2v) is 3.83. The molecule has 0 heterocycles. The fourth-order valence-electron chi connectivity index (χ4n) is 1.33. The number of benzene rings is 1. The maximum atomic E-state index is 11.8. The molecule has 0 radical (unpaired) electrons. The van der Waals surface area contributed by atoms with E-state index in [1.165, 1.54) is 0 Å². The Hall–Kier alpha value is -1.51. The lowest BCUT2D eigenvalue weighted by Crippen LogP contribution is -2.30. The van der Waals surface area contributed by atoms with Crippen molar-refractivity contribution < 1.29 is 9.53 Å². The first-order chi connectivity index (χ1) is 7.04. The largest absolute Gasteiger partial charge is 0.496 e. The van der Waals surface area contributed by atoms with Gasteiger partial charge in [-0.15, -0.1) is 0 Å². The summed E-state index contributed by atoms with van der Waals surface area (Å²) in [5.74, 6) is 0.523. The summed E-state index contributed by atoms with van der Waals surface area (Å²) in [6, 6.07) is 5.67. The maximum Gasteiger partial charge on any atom is 0.255 e. The highest BCUT2D eigenvalue weighted by Gasteiger charge is 2.12. The van der Waals surface area contributed by atoms with Crippen molar-refractivity contribution in [1.29, 1.82) is 0 Å². The van der Waals surface area contributed by atoms with E-state index in [1.807, 2.05) is 32.9 Å². The molecule has 3 heteroatoms. The number of rotatable bonds is 3. The first-order valence-electron chi connectivity index (χ1n) is 5.00. The van der Waals surface area contributed by atoms with Crippen LogP contribution in [0.4, 0.5) is 0 Å². The topological polar surface area (TPSA) is 38.3 Å². The van der Waals surface area contributed by atoms with Crippen LogP contribution in [0.1, 0.15) is 29.8 Å². The number of aryl methyl sites for hydroxylation is 1. The normalized spacial score (nSPS) is 10.2. The number of methoxy groups -OCH3 is 1. The van der Waals surface area contributed by atoms with Gasteiger partial charge in [0.1, 0.15) is 5.75 Å². The molecule has 3 nitrogen and oxygen atoms in total. The van der Waals surface area contributed by atoms with Crippen LogP contribution in [-0.2, 0) is 0 Å². The second kappa shape index (κ2) is 4.82. The predicted octanol–water partition coefficient (Wildman–Crippen LogP) is 2.14. The SMILES string of the molecule is COc1cc(C)ccc1C(=O)NC(C)C. The van der Waals surface area contributed by atoms with Crippen molar-refractivity contribution in [3.63, 3.8) is 0 Å². The third-order valence-corrected chi connectivity index (χ3v) is 2.02. The van der Waals surface area contributed by atoms with E-state index in [0.29, 0.717) is 11.3 Å². The van der Waals surface area contributed by atoms with Crippen LogP contribution in [0.15, 0.2) is 18.2 Å². The minimum absolute atomic E-state index is 0.0955. The first kappa shape index (κ1) is 11.6. The van der Waals surface area contributed by atoms with Crippen molar-refractivity contribution in [3.8, 4) is 5.75 Å². The molecule has 1 N–H and O–H groups in total. The maximum absolute atomic E-state index is 11.8. The number of hydrogen-bond acceptors (Lipinski definition) is 2. The standard InChI is InChI=1S/C12H17NO2/c1-8(2)13-12(14)10-6-5-9(3)7-11(10)15-4/h5-8H,1-4H3,(H,13,14). The summed E-state index contributed by atoms with van der Waals surface area (Å²) in [5.41, 5.74) is 1.66. The van der Waals surface area contributed by atoms with Crippen LogP contribution in [0.5, 0.6) is 5.75 Å². The summed E-state index contributed by atoms with van der Waals surface area (Å²) in [6.07, 6.45) is 0. The fraction of sp³-hybridized carbons (Fsp3) is 0.417. The third kappa shape index (κ3) is 2.98. The number of carbonyl (C=O) groups excluding carboxylic acids is 1. The molecule has 0 saturated carbocycles. The Morgan fingerprint density at radius 2 is 2.07 bits per heavy atom. The monoisotopic (exact) mass is 207 g/mol. The summed E-state index contributed by atoms with van der Waals surface area (Å²) in [7, 11) is 1.57. The Morgan fingerprint density at radius 3 is 2.60 bits per heavy atom. The van der Waals surface area contributed by atoms with Crippen LogP contribution in [0, 0.1) is 6.92 Å². The van der Waals surface area contributed by atoms with Gasteiger partial charge in [0.25, 0.3) is 5.91 Å². The minimum Gasteiger partial charge on any atom is -0.496 e. The number of carbonyl (C=O) groups is 1. The average molecular weight is 207 g/mol. The van der Waals surface area contributed by atoms with E-state index in [2.05, 4.69) is 5.32 Å². The molecular formula is C12H17NO2. The Bertz CT molecular complexity index is 359. The molecule has 0 aromatic heterocycles. The molecule has 0 aliphatic heterocycles. The molecule has 1 rings (SSSR count). The van der Waals surface area contributed by atoms with Gasteiger partial charge < -0.3 is 10.1 Å². The summed E-state index contributed by atoms with van der Waals surface area (Å²) in [5, 5.41) is 2.83. The van der Waals surface area contributed by atoms with Gasteiger partial charge in [0.15, 0.2) is 0 Å². The van der Waals surface area contributed by atoms with Crippen LogP contribution >= 0.6 is 0 Å². The smallest absolute Gasteiger partial charge is 0.255 e. The molecule has 82 valence electrons. The molecule has 1 aromatic rings. The quantitative estimate of drug-likeness (QED) is 0.824. The molecule has 15 heavy (non-hydrogen) atoms. The molecular weight excluding hydrogens is 190 g/mol. The zero-order valence-corrected chi connectivity index (χ0v) is 9.63.